The highest BCUT2D eigenvalue weighted by Gasteiger charge is 2.30. The van der Waals surface area contributed by atoms with Crippen molar-refractivity contribution in [1.82, 2.24) is 5.32 Å². The molecular formula is C18H27ClINO2P+. The van der Waals surface area contributed by atoms with Crippen molar-refractivity contribution in [3.05, 3.63) is 43.7 Å². The minimum absolute atomic E-state index is 0.196. The van der Waals surface area contributed by atoms with Crippen LogP contribution in [0.5, 0.6) is 0 Å². The Morgan fingerprint density at radius 1 is 1.29 bits per heavy atom. The Labute approximate surface area is 164 Å². The molecule has 1 aliphatic carbocycles. The van der Waals surface area contributed by atoms with Gasteiger partial charge in [0.2, 0.25) is 0 Å². The van der Waals surface area contributed by atoms with Crippen LogP contribution >= 0.6 is 41.9 Å². The lowest BCUT2D eigenvalue weighted by atomic mass is 9.96. The highest BCUT2D eigenvalue weighted by atomic mass is 127. The summed E-state index contributed by atoms with van der Waals surface area (Å²) in [5, 5.41) is 4.21. The lowest BCUT2D eigenvalue weighted by Crippen LogP contribution is -2.21. The average Bonchev–Trinajstić information content (AvgIpc) is 2.54. The summed E-state index contributed by atoms with van der Waals surface area (Å²) in [5.41, 5.74) is 2.40. The summed E-state index contributed by atoms with van der Waals surface area (Å²) >= 11 is 8.39. The molecule has 134 valence electrons. The molecule has 0 spiro atoms. The molecule has 24 heavy (non-hydrogen) atoms. The van der Waals surface area contributed by atoms with Crippen LogP contribution in [0.25, 0.3) is 0 Å². The molecule has 0 heterocycles. The lowest BCUT2D eigenvalue weighted by Gasteiger charge is -2.17. The highest BCUT2D eigenvalue weighted by Crippen LogP contribution is 2.54. The van der Waals surface area contributed by atoms with Crippen molar-refractivity contribution in [2.24, 2.45) is 0 Å². The molecule has 1 atom stereocenters. The minimum atomic E-state index is -2.88. The van der Waals surface area contributed by atoms with Crippen molar-refractivity contribution >= 4 is 41.9 Å². The van der Waals surface area contributed by atoms with Gasteiger partial charge in [-0.2, -0.15) is 0 Å². The standard InChI is InChI=1S/C18H27ClINO2P/c1-14(16-8-9-18(20)17(19)12-16)21-10-5-11-24(22,23)13-15-6-3-2-4-7-15/h8-9,12-14,21-23H,2-7,10-11H2,1H3/q+1. The maximum absolute atomic E-state index is 10.3. The van der Waals surface area contributed by atoms with Gasteiger partial charge in [-0.15, -0.1) is 0 Å². The Kier molecular flexibility index (Phi) is 8.45. The zero-order valence-corrected chi connectivity index (χ0v) is 17.9. The van der Waals surface area contributed by atoms with Gasteiger partial charge in [0.15, 0.2) is 0 Å². The van der Waals surface area contributed by atoms with E-state index >= 15 is 0 Å². The second kappa shape index (κ2) is 9.84. The second-order valence-electron chi connectivity index (χ2n) is 6.56. The van der Waals surface area contributed by atoms with E-state index < -0.39 is 7.72 Å². The van der Waals surface area contributed by atoms with E-state index in [1.807, 2.05) is 12.1 Å². The Morgan fingerprint density at radius 2 is 2.00 bits per heavy atom. The van der Waals surface area contributed by atoms with Crippen LogP contribution < -0.4 is 5.32 Å². The monoisotopic (exact) mass is 482 g/mol. The first-order chi connectivity index (χ1) is 11.4. The largest absolute Gasteiger partial charge is 0.310 e. The summed E-state index contributed by atoms with van der Waals surface area (Å²) in [6.07, 6.45) is 6.92. The van der Waals surface area contributed by atoms with Crippen LogP contribution in [0.2, 0.25) is 5.02 Å². The minimum Gasteiger partial charge on any atom is -0.310 e. The fraction of sp³-hybridized carbons (Fsp3) is 0.556. The van der Waals surface area contributed by atoms with E-state index in [0.29, 0.717) is 6.16 Å². The van der Waals surface area contributed by atoms with Crippen LogP contribution in [0.1, 0.15) is 57.1 Å². The molecule has 1 saturated carbocycles. The van der Waals surface area contributed by atoms with Crippen LogP contribution in [-0.2, 0) is 0 Å². The number of allylic oxidation sites excluding steroid dienone is 1. The smallest absolute Gasteiger partial charge is 0.292 e. The predicted octanol–water partition coefficient (Wildman–Crippen LogP) is 5.67. The van der Waals surface area contributed by atoms with Gasteiger partial charge < -0.3 is 5.32 Å². The molecule has 1 aliphatic rings. The molecule has 0 radical (unpaired) electrons. The summed E-state index contributed by atoms with van der Waals surface area (Å²) < 4.78 is 1.05. The molecule has 6 heteroatoms. The quantitative estimate of drug-likeness (QED) is 0.267. The van der Waals surface area contributed by atoms with E-state index in [1.165, 1.54) is 24.8 Å². The van der Waals surface area contributed by atoms with Crippen LogP contribution in [-0.4, -0.2) is 22.5 Å². The third kappa shape index (κ3) is 6.89. The summed E-state index contributed by atoms with van der Waals surface area (Å²) in [6.45, 7) is 2.86. The van der Waals surface area contributed by atoms with Crippen LogP contribution in [0.4, 0.5) is 0 Å². The molecule has 1 aromatic carbocycles. The zero-order chi connectivity index (χ0) is 17.6. The predicted molar refractivity (Wildman–Crippen MR) is 113 cm³/mol. The van der Waals surface area contributed by atoms with E-state index in [-0.39, 0.29) is 6.04 Å². The third-order valence-electron chi connectivity index (χ3n) is 4.44. The van der Waals surface area contributed by atoms with Gasteiger partial charge in [0.05, 0.1) is 5.02 Å². The van der Waals surface area contributed by atoms with Gasteiger partial charge in [-0.05, 0) is 91.4 Å². The van der Waals surface area contributed by atoms with E-state index in [0.717, 1.165) is 40.0 Å². The van der Waals surface area contributed by atoms with Gasteiger partial charge in [-0.25, -0.2) is 9.79 Å². The van der Waals surface area contributed by atoms with Gasteiger partial charge in [0.1, 0.15) is 12.0 Å². The van der Waals surface area contributed by atoms with Gasteiger partial charge in [0.25, 0.3) is 7.72 Å². The van der Waals surface area contributed by atoms with Crippen LogP contribution in [0, 0.1) is 3.57 Å². The number of hydrogen-bond donors (Lipinski definition) is 3. The Bertz CT molecular complexity index is 572. The average molecular weight is 483 g/mol. The summed E-state index contributed by atoms with van der Waals surface area (Å²) in [6, 6.07) is 6.28. The molecule has 2 rings (SSSR count). The molecule has 1 aromatic rings. The molecule has 0 saturated heterocycles. The zero-order valence-electron chi connectivity index (χ0n) is 14.1. The normalized spacial score (nSPS) is 17.0. The fourth-order valence-electron chi connectivity index (χ4n) is 3.02. The van der Waals surface area contributed by atoms with Crippen molar-refractivity contribution < 1.29 is 9.79 Å². The maximum Gasteiger partial charge on any atom is 0.292 e. The molecule has 0 amide bonds. The summed E-state index contributed by atoms with van der Waals surface area (Å²) in [5.74, 6) is 1.79. The van der Waals surface area contributed by atoms with Gasteiger partial charge in [-0.3, -0.25) is 0 Å². The van der Waals surface area contributed by atoms with E-state index in [4.69, 9.17) is 11.6 Å². The molecule has 1 unspecified atom stereocenters. The van der Waals surface area contributed by atoms with Gasteiger partial charge in [0, 0.05) is 9.61 Å². The van der Waals surface area contributed by atoms with E-state index in [2.05, 4.69) is 40.9 Å². The molecular weight excluding hydrogens is 456 g/mol. The van der Waals surface area contributed by atoms with Crippen molar-refractivity contribution in [3.63, 3.8) is 0 Å². The van der Waals surface area contributed by atoms with Crippen molar-refractivity contribution in [2.45, 2.75) is 51.5 Å². The highest BCUT2D eigenvalue weighted by molar-refractivity contribution is 14.1. The van der Waals surface area contributed by atoms with E-state index in [9.17, 15) is 9.79 Å². The first-order valence-corrected chi connectivity index (χ1v) is 12.0. The molecule has 1 fully saturated rings. The summed E-state index contributed by atoms with van der Waals surface area (Å²) in [4.78, 5) is 20.5. The third-order valence-corrected chi connectivity index (χ3v) is 7.77. The molecule has 0 aromatic heterocycles. The van der Waals surface area contributed by atoms with Crippen molar-refractivity contribution in [1.29, 1.82) is 0 Å². The SMILES string of the molecule is CC(NCCC[P+](O)(O)C=C1CCCCC1)c1ccc(I)c(Cl)c1. The second-order valence-corrected chi connectivity index (χ2v) is 10.4. The topological polar surface area (TPSA) is 52.5 Å². The number of nitrogens with one attached hydrogen (secondary N) is 1. The van der Waals surface area contributed by atoms with E-state index in [1.54, 1.807) is 5.82 Å². The van der Waals surface area contributed by atoms with Crippen molar-refractivity contribution in [2.75, 3.05) is 12.7 Å². The van der Waals surface area contributed by atoms with Crippen LogP contribution in [0.3, 0.4) is 0 Å². The maximum atomic E-state index is 10.3. The lowest BCUT2D eigenvalue weighted by molar-refractivity contribution is 0.456. The van der Waals surface area contributed by atoms with Gasteiger partial charge in [-0.1, -0.05) is 24.1 Å². The molecule has 0 bridgehead atoms. The first-order valence-electron chi connectivity index (χ1n) is 8.59. The van der Waals surface area contributed by atoms with Crippen molar-refractivity contribution in [3.8, 4) is 0 Å². The molecule has 3 N–H and O–H groups in total. The number of rotatable bonds is 7. The molecule has 0 aliphatic heterocycles. The Morgan fingerprint density at radius 3 is 2.67 bits per heavy atom. The van der Waals surface area contributed by atoms with Gasteiger partial charge >= 0.3 is 0 Å². The summed E-state index contributed by atoms with van der Waals surface area (Å²) in [7, 11) is -2.88. The van der Waals surface area contributed by atoms with Crippen LogP contribution in [0.15, 0.2) is 29.6 Å². The first kappa shape index (κ1) is 20.6. The Balaban J connectivity index is 1.75. The molecule has 3 nitrogen and oxygen atoms in total. The number of hydrogen-bond acceptors (Lipinski definition) is 3. The fourth-order valence-corrected chi connectivity index (χ4v) is 5.14. The Hall–Kier alpha value is 0.290. The number of halogens is 2. The number of benzene rings is 1.